The van der Waals surface area contributed by atoms with Crippen molar-refractivity contribution in [3.63, 3.8) is 0 Å². The zero-order valence-electron chi connectivity index (χ0n) is 10.5. The number of nitrogens with two attached hydrogens (primary N) is 1. The Morgan fingerprint density at radius 3 is 2.61 bits per heavy atom. The molecular formula is C14H19ClFNO. The van der Waals surface area contributed by atoms with Crippen LogP contribution in [0.1, 0.15) is 42.9 Å². The van der Waals surface area contributed by atoms with Gasteiger partial charge >= 0.3 is 0 Å². The molecule has 0 amide bonds. The second-order valence-electron chi connectivity index (χ2n) is 5.15. The molecular weight excluding hydrogens is 253 g/mol. The van der Waals surface area contributed by atoms with Gasteiger partial charge in [-0.3, -0.25) is 0 Å². The van der Waals surface area contributed by atoms with Crippen molar-refractivity contribution in [3.8, 4) is 0 Å². The number of rotatable bonds is 3. The molecule has 100 valence electrons. The highest BCUT2D eigenvalue weighted by Crippen LogP contribution is 2.36. The monoisotopic (exact) mass is 271 g/mol. The highest BCUT2D eigenvalue weighted by Gasteiger charge is 2.31. The van der Waals surface area contributed by atoms with Crippen molar-refractivity contribution in [3.05, 3.63) is 34.1 Å². The van der Waals surface area contributed by atoms with E-state index in [0.717, 1.165) is 31.2 Å². The average Bonchev–Trinajstić information content (AvgIpc) is 2.87. The summed E-state index contributed by atoms with van der Waals surface area (Å²) < 4.78 is 13.9. The molecule has 1 aliphatic rings. The molecule has 3 N–H and O–H groups in total. The highest BCUT2D eigenvalue weighted by atomic mass is 35.5. The molecule has 0 saturated heterocycles. The van der Waals surface area contributed by atoms with Gasteiger partial charge in [0.15, 0.2) is 0 Å². The minimum atomic E-state index is -0.750. The maximum Gasteiger partial charge on any atom is 0.129 e. The minimum absolute atomic E-state index is 0.163. The molecule has 2 atom stereocenters. The van der Waals surface area contributed by atoms with E-state index in [9.17, 15) is 9.50 Å². The van der Waals surface area contributed by atoms with E-state index in [0.29, 0.717) is 5.02 Å². The summed E-state index contributed by atoms with van der Waals surface area (Å²) in [4.78, 5) is 0. The van der Waals surface area contributed by atoms with Gasteiger partial charge in [0, 0.05) is 5.56 Å². The van der Waals surface area contributed by atoms with Gasteiger partial charge in [-0.15, -0.1) is 0 Å². The van der Waals surface area contributed by atoms with E-state index >= 15 is 0 Å². The van der Waals surface area contributed by atoms with Crippen LogP contribution >= 0.6 is 11.6 Å². The maximum absolute atomic E-state index is 13.9. The van der Waals surface area contributed by atoms with E-state index in [1.165, 1.54) is 6.07 Å². The van der Waals surface area contributed by atoms with Gasteiger partial charge in [0.1, 0.15) is 5.82 Å². The summed E-state index contributed by atoms with van der Waals surface area (Å²) in [5, 5.41) is 10.6. The smallest absolute Gasteiger partial charge is 0.129 e. The summed E-state index contributed by atoms with van der Waals surface area (Å²) in [6, 6.07) is 2.23. The molecule has 0 aromatic heterocycles. The summed E-state index contributed by atoms with van der Waals surface area (Å²) in [5.74, 6) is -0.272. The van der Waals surface area contributed by atoms with Crippen molar-refractivity contribution in [1.82, 2.24) is 0 Å². The van der Waals surface area contributed by atoms with Crippen LogP contribution < -0.4 is 5.73 Å². The lowest BCUT2D eigenvalue weighted by Crippen LogP contribution is -2.33. The van der Waals surface area contributed by atoms with Crippen LogP contribution in [0.3, 0.4) is 0 Å². The summed E-state index contributed by atoms with van der Waals surface area (Å²) in [5.41, 5.74) is 7.04. The fourth-order valence-corrected chi connectivity index (χ4v) is 3.03. The largest absolute Gasteiger partial charge is 0.391 e. The number of halogens is 2. The summed E-state index contributed by atoms with van der Waals surface area (Å²) in [6.45, 7) is 1.81. The summed E-state index contributed by atoms with van der Waals surface area (Å²) >= 11 is 6.11. The van der Waals surface area contributed by atoms with Crippen LogP contribution in [0.25, 0.3) is 0 Å². The first-order valence-electron chi connectivity index (χ1n) is 6.40. The third-order valence-corrected chi connectivity index (χ3v) is 4.41. The Balaban J connectivity index is 2.27. The molecule has 0 bridgehead atoms. The van der Waals surface area contributed by atoms with Gasteiger partial charge in [0.25, 0.3) is 0 Å². The van der Waals surface area contributed by atoms with Crippen LogP contribution in [-0.2, 0) is 0 Å². The first-order chi connectivity index (χ1) is 8.52. The number of benzene rings is 1. The van der Waals surface area contributed by atoms with Crippen molar-refractivity contribution in [1.29, 1.82) is 0 Å². The van der Waals surface area contributed by atoms with Crippen molar-refractivity contribution in [2.45, 2.75) is 44.8 Å². The van der Waals surface area contributed by atoms with E-state index in [2.05, 4.69) is 0 Å². The van der Waals surface area contributed by atoms with Crippen molar-refractivity contribution in [2.24, 2.45) is 11.7 Å². The van der Waals surface area contributed by atoms with Gasteiger partial charge < -0.3 is 10.8 Å². The van der Waals surface area contributed by atoms with Crippen molar-refractivity contribution in [2.75, 3.05) is 0 Å². The Kier molecular flexibility index (Phi) is 4.25. The molecule has 0 unspecified atom stereocenters. The normalized spacial score (nSPS) is 20.1. The lowest BCUT2D eigenvalue weighted by atomic mass is 9.90. The van der Waals surface area contributed by atoms with Crippen LogP contribution in [0.5, 0.6) is 0 Å². The number of aliphatic hydroxyl groups is 1. The molecule has 2 nitrogen and oxygen atoms in total. The van der Waals surface area contributed by atoms with Crippen LogP contribution in [-0.4, -0.2) is 11.2 Å². The van der Waals surface area contributed by atoms with Gasteiger partial charge in [-0.2, -0.15) is 0 Å². The number of hydrogen-bond donors (Lipinski definition) is 2. The molecule has 4 heteroatoms. The first-order valence-corrected chi connectivity index (χ1v) is 6.78. The zero-order valence-corrected chi connectivity index (χ0v) is 11.3. The van der Waals surface area contributed by atoms with E-state index < -0.39 is 18.0 Å². The Hall–Kier alpha value is -0.640. The number of aryl methyl sites for hydroxylation is 1. The van der Waals surface area contributed by atoms with Crippen molar-refractivity contribution >= 4 is 11.6 Å². The SMILES string of the molecule is Cc1ccc(F)c([C@H](N)[C@H](O)C2CCCC2)c1Cl. The Morgan fingerprint density at radius 2 is 2.00 bits per heavy atom. The average molecular weight is 272 g/mol. The Bertz CT molecular complexity index is 432. The predicted octanol–water partition coefficient (Wildman–Crippen LogP) is 3.34. The van der Waals surface area contributed by atoms with Crippen LogP contribution in [0.15, 0.2) is 12.1 Å². The minimum Gasteiger partial charge on any atom is -0.391 e. The van der Waals surface area contributed by atoms with E-state index in [4.69, 9.17) is 17.3 Å². The molecule has 1 fully saturated rings. The first kappa shape index (κ1) is 13.8. The number of aliphatic hydroxyl groups excluding tert-OH is 1. The molecule has 2 rings (SSSR count). The summed E-state index contributed by atoms with van der Waals surface area (Å²) in [7, 11) is 0. The van der Waals surface area contributed by atoms with Gasteiger partial charge in [-0.1, -0.05) is 30.5 Å². The second kappa shape index (κ2) is 5.55. The molecule has 1 aliphatic carbocycles. The third-order valence-electron chi connectivity index (χ3n) is 3.90. The maximum atomic E-state index is 13.9. The molecule has 0 aliphatic heterocycles. The molecule has 18 heavy (non-hydrogen) atoms. The Labute approximate surface area is 112 Å². The quantitative estimate of drug-likeness (QED) is 0.886. The molecule has 0 spiro atoms. The zero-order chi connectivity index (χ0) is 13.3. The lowest BCUT2D eigenvalue weighted by molar-refractivity contribution is 0.0833. The molecule has 1 saturated carbocycles. The standard InChI is InChI=1S/C14H19ClFNO/c1-8-6-7-10(16)11(12(8)15)13(17)14(18)9-4-2-3-5-9/h6-7,9,13-14,18H,2-5,17H2,1H3/t13-,14+/m0/s1. The second-order valence-corrected chi connectivity index (χ2v) is 5.53. The predicted molar refractivity (Wildman–Crippen MR) is 71.0 cm³/mol. The van der Waals surface area contributed by atoms with Crippen molar-refractivity contribution < 1.29 is 9.50 Å². The van der Waals surface area contributed by atoms with Gasteiger partial charge in [-0.25, -0.2) is 4.39 Å². The number of hydrogen-bond acceptors (Lipinski definition) is 2. The third kappa shape index (κ3) is 2.53. The van der Waals surface area contributed by atoms with Crippen LogP contribution in [0.2, 0.25) is 5.02 Å². The molecule has 0 heterocycles. The van der Waals surface area contributed by atoms with Crippen LogP contribution in [0.4, 0.5) is 4.39 Å². The molecule has 1 aromatic rings. The molecule has 0 radical (unpaired) electrons. The lowest BCUT2D eigenvalue weighted by Gasteiger charge is -2.26. The molecule has 1 aromatic carbocycles. The Morgan fingerprint density at radius 1 is 1.39 bits per heavy atom. The van der Waals surface area contributed by atoms with E-state index in [1.54, 1.807) is 13.0 Å². The fraction of sp³-hybridized carbons (Fsp3) is 0.571. The fourth-order valence-electron chi connectivity index (χ4n) is 2.75. The van der Waals surface area contributed by atoms with Gasteiger partial charge in [0.2, 0.25) is 0 Å². The van der Waals surface area contributed by atoms with Gasteiger partial charge in [-0.05, 0) is 37.3 Å². The van der Waals surface area contributed by atoms with Gasteiger partial charge in [0.05, 0.1) is 17.2 Å². The topological polar surface area (TPSA) is 46.2 Å². The highest BCUT2D eigenvalue weighted by molar-refractivity contribution is 6.32. The van der Waals surface area contributed by atoms with E-state index in [1.807, 2.05) is 0 Å². The van der Waals surface area contributed by atoms with Crippen LogP contribution in [0, 0.1) is 18.7 Å². The summed E-state index contributed by atoms with van der Waals surface area (Å²) in [6.07, 6.45) is 3.41. The van der Waals surface area contributed by atoms with E-state index in [-0.39, 0.29) is 11.5 Å².